The van der Waals surface area contributed by atoms with Gasteiger partial charge in [-0.25, -0.2) is 13.8 Å². The average Bonchev–Trinajstić information content (AvgIpc) is 3.34. The first-order valence-corrected chi connectivity index (χ1v) is 9.39. The molecule has 0 atom stereocenters. The Hall–Kier alpha value is -1.69. The molecule has 0 radical (unpaired) electrons. The van der Waals surface area contributed by atoms with E-state index in [9.17, 15) is 8.78 Å². The summed E-state index contributed by atoms with van der Waals surface area (Å²) in [4.78, 5) is 6.68. The summed E-state index contributed by atoms with van der Waals surface area (Å²) >= 11 is 0. The van der Waals surface area contributed by atoms with Gasteiger partial charge in [0.15, 0.2) is 0 Å². The molecule has 3 aliphatic rings. The SMILES string of the molecule is FC(F)CNC1CCC(N2CC=C(C3CC3)C=C2n2ccnc2)CC1. The third-order valence-corrected chi connectivity index (χ3v) is 5.63. The first-order valence-electron chi connectivity index (χ1n) is 9.39. The maximum Gasteiger partial charge on any atom is 0.250 e. The normalized spacial score (nSPS) is 27.4. The highest BCUT2D eigenvalue weighted by Crippen LogP contribution is 2.40. The van der Waals surface area contributed by atoms with Crippen LogP contribution >= 0.6 is 0 Å². The highest BCUT2D eigenvalue weighted by Gasteiger charge is 2.32. The van der Waals surface area contributed by atoms with Crippen LogP contribution < -0.4 is 5.32 Å². The number of imidazole rings is 1. The molecule has 25 heavy (non-hydrogen) atoms. The fraction of sp³-hybridized carbons (Fsp3) is 0.632. The lowest BCUT2D eigenvalue weighted by Crippen LogP contribution is -2.44. The summed E-state index contributed by atoms with van der Waals surface area (Å²) in [7, 11) is 0. The zero-order valence-corrected chi connectivity index (χ0v) is 14.5. The van der Waals surface area contributed by atoms with Gasteiger partial charge in [0.2, 0.25) is 0 Å². The van der Waals surface area contributed by atoms with Gasteiger partial charge in [-0.1, -0.05) is 6.08 Å². The van der Waals surface area contributed by atoms with E-state index in [1.807, 2.05) is 18.7 Å². The molecule has 6 heteroatoms. The highest BCUT2D eigenvalue weighted by atomic mass is 19.3. The fourth-order valence-electron chi connectivity index (χ4n) is 4.09. The fourth-order valence-corrected chi connectivity index (χ4v) is 4.09. The molecule has 136 valence electrons. The van der Waals surface area contributed by atoms with Crippen molar-refractivity contribution in [3.63, 3.8) is 0 Å². The number of rotatable bonds is 6. The third-order valence-electron chi connectivity index (χ3n) is 5.63. The Morgan fingerprint density at radius 2 is 1.96 bits per heavy atom. The van der Waals surface area contributed by atoms with Crippen LogP contribution in [0.5, 0.6) is 0 Å². The van der Waals surface area contributed by atoms with Gasteiger partial charge in [-0.15, -0.1) is 0 Å². The first kappa shape index (κ1) is 16.8. The largest absolute Gasteiger partial charge is 0.351 e. The first-order chi connectivity index (χ1) is 12.2. The lowest BCUT2D eigenvalue weighted by atomic mass is 9.89. The maximum absolute atomic E-state index is 12.4. The van der Waals surface area contributed by atoms with Crippen molar-refractivity contribution in [2.45, 2.75) is 57.0 Å². The molecule has 0 unspecified atom stereocenters. The number of alkyl halides is 2. The van der Waals surface area contributed by atoms with E-state index >= 15 is 0 Å². The van der Waals surface area contributed by atoms with Gasteiger partial charge in [0, 0.05) is 31.0 Å². The number of hydrogen-bond acceptors (Lipinski definition) is 3. The van der Waals surface area contributed by atoms with Crippen molar-refractivity contribution >= 4 is 5.82 Å². The molecule has 0 amide bonds. The van der Waals surface area contributed by atoms with Crippen molar-refractivity contribution in [1.29, 1.82) is 0 Å². The summed E-state index contributed by atoms with van der Waals surface area (Å²) in [5.41, 5.74) is 1.47. The minimum absolute atomic E-state index is 0.188. The van der Waals surface area contributed by atoms with Gasteiger partial charge in [-0.2, -0.15) is 0 Å². The zero-order valence-electron chi connectivity index (χ0n) is 14.5. The van der Waals surface area contributed by atoms with Crippen molar-refractivity contribution in [2.24, 2.45) is 5.92 Å². The standard InChI is InChI=1S/C19H26F2N4/c20-18(21)12-23-16-3-5-17(6-4-16)25-9-7-15(14-1-2-14)11-19(25)24-10-8-22-13-24/h7-8,10-11,13-14,16-18,23H,1-6,9,12H2. The summed E-state index contributed by atoms with van der Waals surface area (Å²) in [5.74, 6) is 1.96. The van der Waals surface area contributed by atoms with Crippen LogP contribution in [-0.2, 0) is 0 Å². The number of aromatic nitrogens is 2. The molecule has 2 saturated carbocycles. The van der Waals surface area contributed by atoms with Gasteiger partial charge < -0.3 is 10.2 Å². The minimum Gasteiger partial charge on any atom is -0.351 e. The molecule has 1 aliphatic heterocycles. The molecular formula is C19H26F2N4. The van der Waals surface area contributed by atoms with Crippen LogP contribution in [0.2, 0.25) is 0 Å². The molecule has 2 fully saturated rings. The van der Waals surface area contributed by atoms with Gasteiger partial charge in [0.25, 0.3) is 6.43 Å². The second-order valence-corrected chi connectivity index (χ2v) is 7.41. The van der Waals surface area contributed by atoms with Gasteiger partial charge in [-0.3, -0.25) is 4.57 Å². The van der Waals surface area contributed by atoms with Gasteiger partial charge in [-0.05, 0) is 56.1 Å². The number of nitrogens with one attached hydrogen (secondary N) is 1. The zero-order chi connectivity index (χ0) is 17.2. The number of nitrogens with zero attached hydrogens (tertiary/aromatic N) is 3. The summed E-state index contributed by atoms with van der Waals surface area (Å²) in [6, 6.07) is 0.698. The molecule has 0 spiro atoms. The van der Waals surface area contributed by atoms with E-state index in [2.05, 4.69) is 31.9 Å². The Labute approximate surface area is 147 Å². The van der Waals surface area contributed by atoms with Crippen LogP contribution in [0.15, 0.2) is 36.4 Å². The van der Waals surface area contributed by atoms with E-state index in [0.717, 1.165) is 38.1 Å². The monoisotopic (exact) mass is 348 g/mol. The topological polar surface area (TPSA) is 33.1 Å². The number of allylic oxidation sites excluding steroid dienone is 2. The summed E-state index contributed by atoms with van der Waals surface area (Å²) in [6.07, 6.45) is 14.7. The molecule has 4 nitrogen and oxygen atoms in total. The van der Waals surface area contributed by atoms with Gasteiger partial charge in [0.05, 0.1) is 6.54 Å². The smallest absolute Gasteiger partial charge is 0.250 e. The molecule has 2 heterocycles. The van der Waals surface area contributed by atoms with E-state index in [-0.39, 0.29) is 12.6 Å². The predicted molar refractivity (Wildman–Crippen MR) is 94.1 cm³/mol. The minimum atomic E-state index is -2.26. The van der Waals surface area contributed by atoms with E-state index in [4.69, 9.17) is 0 Å². The van der Waals surface area contributed by atoms with Crippen molar-refractivity contribution in [3.8, 4) is 0 Å². The van der Waals surface area contributed by atoms with Crippen molar-refractivity contribution in [1.82, 2.24) is 19.8 Å². The van der Waals surface area contributed by atoms with Gasteiger partial charge in [0.1, 0.15) is 12.1 Å². The van der Waals surface area contributed by atoms with Crippen LogP contribution in [0.1, 0.15) is 38.5 Å². The van der Waals surface area contributed by atoms with Crippen LogP contribution in [-0.4, -0.2) is 46.0 Å². The number of hydrogen-bond donors (Lipinski definition) is 1. The molecule has 1 N–H and O–H groups in total. The Kier molecular flexibility index (Phi) is 4.88. The van der Waals surface area contributed by atoms with Crippen LogP contribution in [0.25, 0.3) is 5.82 Å². The summed E-state index contributed by atoms with van der Waals surface area (Å²) in [5, 5.41) is 3.00. The summed E-state index contributed by atoms with van der Waals surface area (Å²) in [6.45, 7) is 0.752. The van der Waals surface area contributed by atoms with Crippen molar-refractivity contribution < 1.29 is 8.78 Å². The highest BCUT2D eigenvalue weighted by molar-refractivity contribution is 5.54. The van der Waals surface area contributed by atoms with Crippen LogP contribution in [0, 0.1) is 5.92 Å². The molecular weight excluding hydrogens is 322 g/mol. The quantitative estimate of drug-likeness (QED) is 0.854. The maximum atomic E-state index is 12.4. The Balaban J connectivity index is 1.42. The van der Waals surface area contributed by atoms with Crippen molar-refractivity contribution in [3.05, 3.63) is 36.4 Å². The van der Waals surface area contributed by atoms with E-state index in [1.54, 1.807) is 0 Å². The Morgan fingerprint density at radius 1 is 1.16 bits per heavy atom. The Morgan fingerprint density at radius 3 is 2.60 bits per heavy atom. The van der Waals surface area contributed by atoms with Gasteiger partial charge >= 0.3 is 0 Å². The third kappa shape index (κ3) is 3.94. The predicted octanol–water partition coefficient (Wildman–Crippen LogP) is 3.50. The molecule has 4 rings (SSSR count). The molecule has 2 aliphatic carbocycles. The lowest BCUT2D eigenvalue weighted by Gasteiger charge is -2.41. The Bertz CT molecular complexity index is 626. The molecule has 0 aromatic carbocycles. The van der Waals surface area contributed by atoms with E-state index in [0.29, 0.717) is 6.04 Å². The molecule has 1 aromatic heterocycles. The van der Waals surface area contributed by atoms with E-state index < -0.39 is 6.43 Å². The molecule has 1 aromatic rings. The second kappa shape index (κ2) is 7.28. The summed E-state index contributed by atoms with van der Waals surface area (Å²) < 4.78 is 26.9. The average molecular weight is 348 g/mol. The van der Waals surface area contributed by atoms with Crippen LogP contribution in [0.3, 0.4) is 0 Å². The van der Waals surface area contributed by atoms with Crippen LogP contribution in [0.4, 0.5) is 8.78 Å². The second-order valence-electron chi connectivity index (χ2n) is 7.41. The lowest BCUT2D eigenvalue weighted by molar-refractivity contribution is 0.132. The number of halogens is 2. The van der Waals surface area contributed by atoms with E-state index in [1.165, 1.54) is 24.2 Å². The van der Waals surface area contributed by atoms with Crippen molar-refractivity contribution in [2.75, 3.05) is 13.1 Å². The molecule has 0 bridgehead atoms. The molecule has 0 saturated heterocycles.